The molecule has 1 aromatic rings. The minimum Gasteiger partial charge on any atom is -0.359 e. The van der Waals surface area contributed by atoms with Crippen molar-refractivity contribution in [3.63, 3.8) is 0 Å². The third-order valence-electron chi connectivity index (χ3n) is 3.31. The number of nitrogens with zero attached hydrogens (tertiary/aromatic N) is 4. The highest BCUT2D eigenvalue weighted by Gasteiger charge is 2.27. The molecule has 0 spiro atoms. The molecular weight excluding hydrogens is 240 g/mol. The average molecular weight is 264 g/mol. The maximum Gasteiger partial charge on any atom is 0.145 e. The van der Waals surface area contributed by atoms with E-state index in [1.807, 2.05) is 6.07 Å². The van der Waals surface area contributed by atoms with Gasteiger partial charge >= 0.3 is 0 Å². The Morgan fingerprint density at radius 1 is 1.26 bits per heavy atom. The fraction of sp³-hybridized carbons (Fsp3) is 0.692. The standard InChI is InChI=1S/C13H24N6/c1-18(2)7-4-8-19(3)12-9-11(17-14)15-13(16-12)10-5-6-10/h9-10H,4-8,14H2,1-3H3,(H,15,16,17). The molecule has 1 aliphatic carbocycles. The molecule has 2 rings (SSSR count). The molecule has 106 valence electrons. The van der Waals surface area contributed by atoms with E-state index in [-0.39, 0.29) is 0 Å². The van der Waals surface area contributed by atoms with Crippen molar-refractivity contribution < 1.29 is 0 Å². The Morgan fingerprint density at radius 3 is 2.58 bits per heavy atom. The molecule has 0 bridgehead atoms. The van der Waals surface area contributed by atoms with E-state index in [0.717, 1.165) is 31.2 Å². The predicted octanol–water partition coefficient (Wildman–Crippen LogP) is 1.03. The number of hydrogen-bond acceptors (Lipinski definition) is 6. The summed E-state index contributed by atoms with van der Waals surface area (Å²) in [5.41, 5.74) is 2.63. The zero-order chi connectivity index (χ0) is 13.8. The molecule has 1 heterocycles. The van der Waals surface area contributed by atoms with Crippen molar-refractivity contribution in [1.82, 2.24) is 14.9 Å². The van der Waals surface area contributed by atoms with Gasteiger partial charge in [0, 0.05) is 25.6 Å². The monoisotopic (exact) mass is 264 g/mol. The van der Waals surface area contributed by atoms with Gasteiger partial charge in [0.25, 0.3) is 0 Å². The Hall–Kier alpha value is -1.40. The summed E-state index contributed by atoms with van der Waals surface area (Å²) in [7, 11) is 6.24. The van der Waals surface area contributed by atoms with E-state index in [9.17, 15) is 0 Å². The van der Waals surface area contributed by atoms with Crippen LogP contribution in [0.4, 0.5) is 11.6 Å². The highest BCUT2D eigenvalue weighted by atomic mass is 15.3. The number of aromatic nitrogens is 2. The number of rotatable bonds is 7. The van der Waals surface area contributed by atoms with E-state index >= 15 is 0 Å². The summed E-state index contributed by atoms with van der Waals surface area (Å²) in [4.78, 5) is 13.4. The van der Waals surface area contributed by atoms with Crippen molar-refractivity contribution in [2.75, 3.05) is 44.6 Å². The minimum atomic E-state index is 0.530. The number of nitrogen functional groups attached to an aromatic ring is 1. The summed E-state index contributed by atoms with van der Waals surface area (Å²) in [6.07, 6.45) is 3.49. The van der Waals surface area contributed by atoms with Crippen molar-refractivity contribution in [2.45, 2.75) is 25.2 Å². The molecule has 0 radical (unpaired) electrons. The van der Waals surface area contributed by atoms with E-state index in [1.54, 1.807) is 0 Å². The largest absolute Gasteiger partial charge is 0.359 e. The first-order valence-corrected chi connectivity index (χ1v) is 6.81. The second-order valence-electron chi connectivity index (χ2n) is 5.47. The van der Waals surface area contributed by atoms with Crippen molar-refractivity contribution in [2.24, 2.45) is 5.84 Å². The summed E-state index contributed by atoms with van der Waals surface area (Å²) in [6.45, 7) is 2.05. The van der Waals surface area contributed by atoms with Gasteiger partial charge in [0.05, 0.1) is 0 Å². The Bertz CT molecular complexity index is 416. The normalized spacial score (nSPS) is 14.8. The molecule has 0 unspecified atom stereocenters. The number of nitrogens with one attached hydrogen (secondary N) is 1. The first-order valence-electron chi connectivity index (χ1n) is 6.81. The first-order chi connectivity index (χ1) is 9.10. The topological polar surface area (TPSA) is 70.3 Å². The van der Waals surface area contributed by atoms with Crippen molar-refractivity contribution in [3.05, 3.63) is 11.9 Å². The van der Waals surface area contributed by atoms with Gasteiger partial charge in [-0.15, -0.1) is 0 Å². The van der Waals surface area contributed by atoms with Crippen LogP contribution in [0.15, 0.2) is 6.07 Å². The molecule has 6 heteroatoms. The van der Waals surface area contributed by atoms with Crippen LogP contribution in [0.1, 0.15) is 31.0 Å². The molecular formula is C13H24N6. The molecule has 1 aliphatic rings. The van der Waals surface area contributed by atoms with Crippen molar-refractivity contribution in [3.8, 4) is 0 Å². The van der Waals surface area contributed by atoms with E-state index in [4.69, 9.17) is 5.84 Å². The quantitative estimate of drug-likeness (QED) is 0.566. The molecule has 0 saturated heterocycles. The van der Waals surface area contributed by atoms with Gasteiger partial charge in [0.2, 0.25) is 0 Å². The summed E-state index contributed by atoms with van der Waals surface area (Å²) in [6, 6.07) is 1.90. The Labute approximate surface area is 115 Å². The number of anilines is 2. The molecule has 19 heavy (non-hydrogen) atoms. The van der Waals surface area contributed by atoms with Crippen LogP contribution in [0.5, 0.6) is 0 Å². The van der Waals surface area contributed by atoms with E-state index < -0.39 is 0 Å². The number of nitrogens with two attached hydrogens (primary N) is 1. The van der Waals surface area contributed by atoms with Gasteiger partial charge < -0.3 is 15.2 Å². The zero-order valence-electron chi connectivity index (χ0n) is 12.1. The molecule has 0 atom stereocenters. The summed E-state index contributed by atoms with van der Waals surface area (Å²) in [5, 5.41) is 0. The van der Waals surface area contributed by atoms with Crippen molar-refractivity contribution >= 4 is 11.6 Å². The smallest absolute Gasteiger partial charge is 0.145 e. The lowest BCUT2D eigenvalue weighted by atomic mass is 10.3. The molecule has 1 aromatic heterocycles. The molecule has 3 N–H and O–H groups in total. The van der Waals surface area contributed by atoms with Crippen LogP contribution in [-0.4, -0.2) is 49.1 Å². The Balaban J connectivity index is 2.02. The Kier molecular flexibility index (Phi) is 4.55. The fourth-order valence-electron chi connectivity index (χ4n) is 1.98. The number of hydrazine groups is 1. The maximum absolute atomic E-state index is 5.48. The molecule has 0 aliphatic heterocycles. The van der Waals surface area contributed by atoms with Crippen LogP contribution in [-0.2, 0) is 0 Å². The SMILES string of the molecule is CN(C)CCCN(C)c1cc(NN)nc(C2CC2)n1. The molecule has 1 saturated carbocycles. The fourth-order valence-corrected chi connectivity index (χ4v) is 1.98. The molecule has 1 fully saturated rings. The first kappa shape index (κ1) is 14.0. The lowest BCUT2D eigenvalue weighted by Crippen LogP contribution is -2.25. The lowest BCUT2D eigenvalue weighted by molar-refractivity contribution is 0.401. The van der Waals surface area contributed by atoms with Gasteiger partial charge in [-0.3, -0.25) is 0 Å². The average Bonchev–Trinajstić information content (AvgIpc) is 3.21. The van der Waals surface area contributed by atoms with Crippen molar-refractivity contribution in [1.29, 1.82) is 0 Å². The van der Waals surface area contributed by atoms with Gasteiger partial charge in [0.1, 0.15) is 17.5 Å². The van der Waals surface area contributed by atoms with E-state index in [0.29, 0.717) is 11.7 Å². The second kappa shape index (κ2) is 6.16. The summed E-state index contributed by atoms with van der Waals surface area (Å²) in [5.74, 6) is 8.58. The van der Waals surface area contributed by atoms with Crippen LogP contribution in [0.2, 0.25) is 0 Å². The van der Waals surface area contributed by atoms with Gasteiger partial charge in [-0.1, -0.05) is 0 Å². The zero-order valence-corrected chi connectivity index (χ0v) is 12.1. The summed E-state index contributed by atoms with van der Waals surface area (Å²) < 4.78 is 0. The maximum atomic E-state index is 5.48. The van der Waals surface area contributed by atoms with E-state index in [2.05, 4.69) is 46.3 Å². The van der Waals surface area contributed by atoms with E-state index in [1.165, 1.54) is 12.8 Å². The minimum absolute atomic E-state index is 0.530. The second-order valence-corrected chi connectivity index (χ2v) is 5.47. The van der Waals surface area contributed by atoms with Crippen LogP contribution in [0, 0.1) is 0 Å². The van der Waals surface area contributed by atoms with Crippen LogP contribution < -0.4 is 16.2 Å². The van der Waals surface area contributed by atoms with Crippen LogP contribution in [0.25, 0.3) is 0 Å². The van der Waals surface area contributed by atoms with Gasteiger partial charge in [-0.25, -0.2) is 15.8 Å². The van der Waals surface area contributed by atoms with Crippen LogP contribution in [0.3, 0.4) is 0 Å². The third-order valence-corrected chi connectivity index (χ3v) is 3.31. The number of hydrogen-bond donors (Lipinski definition) is 2. The molecule has 0 amide bonds. The molecule has 6 nitrogen and oxygen atoms in total. The van der Waals surface area contributed by atoms with Crippen LogP contribution >= 0.6 is 0 Å². The highest BCUT2D eigenvalue weighted by molar-refractivity contribution is 5.48. The molecule has 0 aromatic carbocycles. The van der Waals surface area contributed by atoms with Gasteiger partial charge in [-0.05, 0) is 39.9 Å². The van der Waals surface area contributed by atoms with Gasteiger partial charge in [-0.2, -0.15) is 0 Å². The Morgan fingerprint density at radius 2 is 2.00 bits per heavy atom. The van der Waals surface area contributed by atoms with Gasteiger partial charge in [0.15, 0.2) is 0 Å². The third kappa shape index (κ3) is 4.04. The summed E-state index contributed by atoms with van der Waals surface area (Å²) >= 11 is 0. The highest BCUT2D eigenvalue weighted by Crippen LogP contribution is 2.39. The lowest BCUT2D eigenvalue weighted by Gasteiger charge is -2.20. The predicted molar refractivity (Wildman–Crippen MR) is 78.3 cm³/mol.